The van der Waals surface area contributed by atoms with Crippen molar-refractivity contribution in [2.45, 2.75) is 131 Å². The van der Waals surface area contributed by atoms with Crippen molar-refractivity contribution in [3.8, 4) is 11.5 Å². The van der Waals surface area contributed by atoms with Crippen LogP contribution in [-0.4, -0.2) is 103 Å². The third kappa shape index (κ3) is 8.47. The van der Waals surface area contributed by atoms with Crippen LogP contribution in [0.5, 0.6) is 11.5 Å². The van der Waals surface area contributed by atoms with Crippen LogP contribution in [0.15, 0.2) is 30.4 Å². The molecule has 2 aromatic rings. The highest BCUT2D eigenvalue weighted by molar-refractivity contribution is 7.91. The topological polar surface area (TPSA) is 192 Å². The van der Waals surface area contributed by atoms with E-state index in [4.69, 9.17) is 18.9 Å². The number of benzene rings is 1. The Bertz CT molecular complexity index is 2210. The Morgan fingerprint density at radius 2 is 1.82 bits per heavy atom. The molecule has 4 heterocycles. The lowest BCUT2D eigenvalue weighted by atomic mass is 9.87. The van der Waals surface area contributed by atoms with Gasteiger partial charge in [-0.25, -0.2) is 18.2 Å². The molecule has 5 atom stereocenters. The number of hydrogen-bond donors (Lipinski definition) is 3. The summed E-state index contributed by atoms with van der Waals surface area (Å²) in [6, 6.07) is 1.91. The maximum absolute atomic E-state index is 14.8. The summed E-state index contributed by atoms with van der Waals surface area (Å²) in [4.78, 5) is 61.8. The number of alkyl carbamates (subject to hydrolysis) is 1. The van der Waals surface area contributed by atoms with Gasteiger partial charge in [-0.2, -0.15) is 13.2 Å². The monoisotopic (exact) mass is 863 g/mol. The molecular weight excluding hydrogens is 812 g/mol. The average molecular weight is 864 g/mol. The number of nitrogens with one attached hydrogen (secondary N) is 3. The smallest absolute Gasteiger partial charge is 0.437 e. The molecule has 1 aromatic carbocycles. The molecule has 60 heavy (non-hydrogen) atoms. The summed E-state index contributed by atoms with van der Waals surface area (Å²) < 4.78 is 94.6. The van der Waals surface area contributed by atoms with Gasteiger partial charge in [0.25, 0.3) is 5.91 Å². The van der Waals surface area contributed by atoms with Gasteiger partial charge in [-0.3, -0.25) is 19.1 Å². The number of nitrogens with zero attached hydrogens (tertiary/aromatic N) is 2. The Kier molecular flexibility index (Phi) is 11.3. The Labute approximate surface area is 346 Å². The van der Waals surface area contributed by atoms with E-state index in [0.29, 0.717) is 36.8 Å². The second kappa shape index (κ2) is 15.7. The number of carbonyl (C=O) groups excluding carboxylic acids is 4. The fourth-order valence-electron chi connectivity index (χ4n) is 8.71. The molecular formula is C41H52F3N5O10S. The number of hydrogen-bond acceptors (Lipinski definition) is 11. The number of rotatable bonds is 7. The fraction of sp³-hybridized carbons (Fsp3) is 0.634. The second-order valence-corrected chi connectivity index (χ2v) is 19.8. The SMILES string of the molecule is COCC1(S(=O)(=O)NC(=O)[C@@]23CC2/C=C\CCCCC[C@H](NC(=O)OC(C)(C)C)C(=O)N2C[C@@]4(CCc5c(c(C(F)(F)F)nc6ccc(OC)cc56)O4)C[C@H]2C(=O)N3)CC1. The molecule has 1 unspecified atom stereocenters. The zero-order chi connectivity index (χ0) is 43.5. The molecule has 2 saturated carbocycles. The van der Waals surface area contributed by atoms with E-state index in [-0.39, 0.29) is 69.2 Å². The van der Waals surface area contributed by atoms with E-state index in [2.05, 4.69) is 20.3 Å². The summed E-state index contributed by atoms with van der Waals surface area (Å²) >= 11 is 0. The third-order valence-electron chi connectivity index (χ3n) is 12.2. The van der Waals surface area contributed by atoms with Crippen LogP contribution in [0, 0.1) is 5.92 Å². The molecule has 3 N–H and O–H groups in total. The number of fused-ring (bicyclic) bond motifs is 5. The Morgan fingerprint density at radius 1 is 1.07 bits per heavy atom. The van der Waals surface area contributed by atoms with E-state index in [0.717, 1.165) is 0 Å². The van der Waals surface area contributed by atoms with Crippen molar-refractivity contribution < 1.29 is 59.7 Å². The van der Waals surface area contributed by atoms with E-state index in [1.54, 1.807) is 32.9 Å². The zero-order valence-corrected chi connectivity index (χ0v) is 35.1. The van der Waals surface area contributed by atoms with Crippen molar-refractivity contribution in [2.24, 2.45) is 5.92 Å². The van der Waals surface area contributed by atoms with Gasteiger partial charge < -0.3 is 34.5 Å². The normalized spacial score (nSPS) is 28.5. The van der Waals surface area contributed by atoms with E-state index in [1.165, 1.54) is 31.3 Å². The van der Waals surface area contributed by atoms with Crippen molar-refractivity contribution in [3.63, 3.8) is 0 Å². The van der Waals surface area contributed by atoms with Crippen LogP contribution in [-0.2, 0) is 46.5 Å². The zero-order valence-electron chi connectivity index (χ0n) is 34.3. The maximum atomic E-state index is 14.8. The van der Waals surface area contributed by atoms with Crippen molar-refractivity contribution in [1.82, 2.24) is 25.2 Å². The highest BCUT2D eigenvalue weighted by Gasteiger charge is 2.64. The number of aryl methyl sites for hydroxylation is 1. The van der Waals surface area contributed by atoms with Gasteiger partial charge in [-0.15, -0.1) is 0 Å². The molecule has 1 aromatic heterocycles. The van der Waals surface area contributed by atoms with Crippen LogP contribution in [0.25, 0.3) is 10.9 Å². The minimum absolute atomic E-state index is 0.0564. The van der Waals surface area contributed by atoms with E-state index < -0.39 is 90.9 Å². The van der Waals surface area contributed by atoms with Gasteiger partial charge in [0.2, 0.25) is 21.8 Å². The Balaban J connectivity index is 1.27. The van der Waals surface area contributed by atoms with Crippen LogP contribution in [0.2, 0.25) is 0 Å². The molecule has 4 amide bonds. The summed E-state index contributed by atoms with van der Waals surface area (Å²) in [6.45, 7) is 4.51. The predicted molar refractivity (Wildman–Crippen MR) is 210 cm³/mol. The maximum Gasteiger partial charge on any atom is 0.437 e. The molecule has 0 radical (unpaired) electrons. The quantitative estimate of drug-likeness (QED) is 0.323. The minimum Gasteiger partial charge on any atom is -0.497 e. The largest absolute Gasteiger partial charge is 0.497 e. The average Bonchev–Trinajstić information content (AvgIpc) is 4.07. The van der Waals surface area contributed by atoms with Crippen LogP contribution in [0.1, 0.15) is 96.2 Å². The summed E-state index contributed by atoms with van der Waals surface area (Å²) in [5.41, 5.74) is -5.10. The highest BCUT2D eigenvalue weighted by Crippen LogP contribution is 2.51. The number of allylic oxidation sites excluding steroid dienone is 1. The van der Waals surface area contributed by atoms with Gasteiger partial charge >= 0.3 is 12.3 Å². The fourth-order valence-corrected chi connectivity index (χ4v) is 10.3. The predicted octanol–water partition coefficient (Wildman–Crippen LogP) is 4.84. The Hall–Kier alpha value is -4.65. The first-order valence-electron chi connectivity index (χ1n) is 20.3. The standard InChI is InChI=1S/C41H52F3N5O10S/c1-37(2,3)59-36(53)46-29-12-10-8-6-7-9-11-24-20-40(24,35(52)48-60(54,55)39(17-18-39)23-56-4)47-33(50)30-21-38(22-49(30)34(29)51)16-15-26-27-19-25(57-5)13-14-28(27)45-32(31(26)58-38)41(42,43)44/h9,11,13-14,19,24,29-30H,6-8,10,12,15-18,20-23H2,1-5H3,(H,46,53)(H,47,50)(H,48,52)/b11-9-/t24?,29-,30-,38+,40+/m0/s1. The lowest BCUT2D eigenvalue weighted by molar-refractivity contribution is -0.144. The first-order chi connectivity index (χ1) is 28.2. The summed E-state index contributed by atoms with van der Waals surface area (Å²) in [6.07, 6.45) is 0.895. The first-order valence-corrected chi connectivity index (χ1v) is 21.8. The lowest BCUT2D eigenvalue weighted by Crippen LogP contribution is -2.59. The number of pyridine rings is 1. The molecule has 7 rings (SSSR count). The van der Waals surface area contributed by atoms with Crippen molar-refractivity contribution in [2.75, 3.05) is 27.4 Å². The van der Waals surface area contributed by atoms with Crippen molar-refractivity contribution in [1.29, 1.82) is 0 Å². The van der Waals surface area contributed by atoms with E-state index >= 15 is 0 Å². The number of methoxy groups -OCH3 is 2. The molecule has 3 fully saturated rings. The van der Waals surface area contributed by atoms with Crippen molar-refractivity contribution >= 4 is 44.7 Å². The van der Waals surface area contributed by atoms with Gasteiger partial charge in [0.1, 0.15) is 39.3 Å². The molecule has 328 valence electrons. The number of alkyl halides is 3. The third-order valence-corrected chi connectivity index (χ3v) is 14.3. The number of sulfonamides is 1. The number of aromatic nitrogens is 1. The molecule has 1 spiro atoms. The summed E-state index contributed by atoms with van der Waals surface area (Å²) in [7, 11) is -1.45. The van der Waals surface area contributed by atoms with E-state index in [9.17, 15) is 40.8 Å². The van der Waals surface area contributed by atoms with Gasteiger partial charge in [-0.1, -0.05) is 25.0 Å². The lowest BCUT2D eigenvalue weighted by Gasteiger charge is -2.37. The van der Waals surface area contributed by atoms with Gasteiger partial charge in [0, 0.05) is 30.4 Å². The van der Waals surface area contributed by atoms with Gasteiger partial charge in [0.15, 0.2) is 11.4 Å². The number of carbonyl (C=O) groups is 4. The second-order valence-electron chi connectivity index (χ2n) is 17.7. The molecule has 1 saturated heterocycles. The van der Waals surface area contributed by atoms with Gasteiger partial charge in [0.05, 0.1) is 25.8 Å². The Morgan fingerprint density at radius 3 is 2.48 bits per heavy atom. The number of amides is 4. The van der Waals surface area contributed by atoms with E-state index in [1.807, 2.05) is 6.08 Å². The molecule has 0 bridgehead atoms. The molecule has 3 aliphatic heterocycles. The summed E-state index contributed by atoms with van der Waals surface area (Å²) in [5.74, 6) is -3.19. The molecule has 2 aliphatic carbocycles. The van der Waals surface area contributed by atoms with Crippen LogP contribution in [0.3, 0.4) is 0 Å². The van der Waals surface area contributed by atoms with Crippen molar-refractivity contribution in [3.05, 3.63) is 41.6 Å². The van der Waals surface area contributed by atoms with Crippen LogP contribution < -0.4 is 24.8 Å². The van der Waals surface area contributed by atoms with Crippen LogP contribution in [0.4, 0.5) is 18.0 Å². The molecule has 15 nitrogen and oxygen atoms in total. The molecule has 19 heteroatoms. The first kappa shape index (κ1) is 43.4. The number of ether oxygens (including phenoxy) is 4. The minimum atomic E-state index is -4.94. The highest BCUT2D eigenvalue weighted by atomic mass is 32.2. The number of halogens is 3. The molecule has 5 aliphatic rings. The summed E-state index contributed by atoms with van der Waals surface area (Å²) in [5, 5.41) is 5.84. The van der Waals surface area contributed by atoms with Crippen LogP contribution >= 0.6 is 0 Å². The van der Waals surface area contributed by atoms with Gasteiger partial charge in [-0.05, 0) is 90.3 Å².